The van der Waals surface area contributed by atoms with E-state index in [1.165, 1.54) is 0 Å². The average Bonchev–Trinajstić information content (AvgIpc) is 2.89. The molecule has 0 aliphatic heterocycles. The third-order valence-electron chi connectivity index (χ3n) is 5.33. The van der Waals surface area contributed by atoms with Crippen molar-refractivity contribution in [1.29, 1.82) is 0 Å². The largest absolute Gasteiger partial charge is 0.481 e. The Bertz CT molecular complexity index is 939. The molecule has 2 N–H and O–H groups in total. The molecule has 0 aliphatic carbocycles. The monoisotopic (exact) mass is 460 g/mol. The maximum Gasteiger partial charge on any atom is 0.261 e. The number of ether oxygens (including phenoxy) is 2. The Hall–Kier alpha value is -3.80. The van der Waals surface area contributed by atoms with Gasteiger partial charge in [-0.1, -0.05) is 74.5 Å². The summed E-state index contributed by atoms with van der Waals surface area (Å²) in [4.78, 5) is 25.0. The predicted octanol–water partition coefficient (Wildman–Crippen LogP) is 4.63. The summed E-state index contributed by atoms with van der Waals surface area (Å²) < 4.78 is 11.6. The Morgan fingerprint density at radius 3 is 1.29 bits per heavy atom. The molecular weight excluding hydrogens is 428 g/mol. The number of para-hydroxylation sites is 2. The second-order valence-corrected chi connectivity index (χ2v) is 7.91. The molecule has 2 amide bonds. The zero-order valence-electron chi connectivity index (χ0n) is 19.7. The minimum atomic E-state index is -0.540. The van der Waals surface area contributed by atoms with E-state index in [4.69, 9.17) is 9.47 Å². The molecule has 6 nitrogen and oxygen atoms in total. The molecule has 3 aromatic rings. The van der Waals surface area contributed by atoms with Gasteiger partial charge in [0, 0.05) is 13.1 Å². The summed E-state index contributed by atoms with van der Waals surface area (Å²) in [7, 11) is 0. The van der Waals surface area contributed by atoms with E-state index in [2.05, 4.69) is 10.6 Å². The van der Waals surface area contributed by atoms with Crippen molar-refractivity contribution in [2.75, 3.05) is 0 Å². The van der Waals surface area contributed by atoms with E-state index in [-0.39, 0.29) is 11.8 Å². The average molecular weight is 461 g/mol. The van der Waals surface area contributed by atoms with Crippen LogP contribution in [0, 0.1) is 0 Å². The first-order chi connectivity index (χ1) is 16.6. The molecule has 0 aromatic heterocycles. The molecule has 34 heavy (non-hydrogen) atoms. The van der Waals surface area contributed by atoms with E-state index in [0.29, 0.717) is 37.4 Å². The van der Waals surface area contributed by atoms with Gasteiger partial charge in [-0.05, 0) is 48.2 Å². The molecule has 0 fully saturated rings. The van der Waals surface area contributed by atoms with Gasteiger partial charge >= 0.3 is 0 Å². The molecule has 3 aromatic carbocycles. The third-order valence-corrected chi connectivity index (χ3v) is 5.33. The number of rotatable bonds is 12. The van der Waals surface area contributed by atoms with Crippen LogP contribution in [0.4, 0.5) is 0 Å². The van der Waals surface area contributed by atoms with Gasteiger partial charge in [0.2, 0.25) is 0 Å². The number of carbonyl (C=O) groups excluding carboxylic acids is 2. The summed E-state index contributed by atoms with van der Waals surface area (Å²) in [6.07, 6.45) is 0.0704. The summed E-state index contributed by atoms with van der Waals surface area (Å²) in [5.41, 5.74) is 1.94. The molecule has 3 rings (SSSR count). The van der Waals surface area contributed by atoms with Gasteiger partial charge in [-0.25, -0.2) is 0 Å². The number of hydrogen-bond donors (Lipinski definition) is 2. The van der Waals surface area contributed by atoms with Crippen LogP contribution in [-0.2, 0) is 22.7 Å². The number of benzene rings is 3. The van der Waals surface area contributed by atoms with Crippen LogP contribution in [-0.4, -0.2) is 24.0 Å². The first-order valence-corrected chi connectivity index (χ1v) is 11.7. The van der Waals surface area contributed by atoms with Crippen molar-refractivity contribution < 1.29 is 19.1 Å². The van der Waals surface area contributed by atoms with Gasteiger partial charge in [0.1, 0.15) is 11.5 Å². The van der Waals surface area contributed by atoms with Crippen LogP contribution >= 0.6 is 0 Å². The number of carbonyl (C=O) groups is 2. The lowest BCUT2D eigenvalue weighted by atomic mass is 10.1. The molecule has 2 atom stereocenters. The predicted molar refractivity (Wildman–Crippen MR) is 132 cm³/mol. The zero-order valence-corrected chi connectivity index (χ0v) is 19.7. The molecule has 178 valence electrons. The standard InChI is InChI=1S/C28H32N2O4/c1-3-25(33-23-11-7-5-8-12-23)27(31)29-19-21-15-17-22(18-16-21)20-30-28(32)26(4-2)34-24-13-9-6-10-14-24/h5-18,25-26H,3-4,19-20H2,1-2H3,(H,29,31)(H,30,32). The minimum absolute atomic E-state index is 0.147. The van der Waals surface area contributed by atoms with E-state index in [9.17, 15) is 9.59 Å². The van der Waals surface area contributed by atoms with Crippen LogP contribution < -0.4 is 20.1 Å². The molecule has 2 unspecified atom stereocenters. The maximum absolute atomic E-state index is 12.5. The first kappa shape index (κ1) is 24.8. The Morgan fingerprint density at radius 2 is 0.971 bits per heavy atom. The van der Waals surface area contributed by atoms with Crippen LogP contribution in [0.2, 0.25) is 0 Å². The van der Waals surface area contributed by atoms with Crippen LogP contribution in [0.3, 0.4) is 0 Å². The summed E-state index contributed by atoms with van der Waals surface area (Å²) in [5.74, 6) is 1.06. The van der Waals surface area contributed by atoms with E-state index in [0.717, 1.165) is 11.1 Å². The summed E-state index contributed by atoms with van der Waals surface area (Å²) in [6.45, 7) is 4.65. The molecule has 0 saturated carbocycles. The van der Waals surface area contributed by atoms with E-state index >= 15 is 0 Å². The Kier molecular flexibility index (Phi) is 9.52. The number of amides is 2. The Balaban J connectivity index is 1.45. The van der Waals surface area contributed by atoms with Crippen LogP contribution in [0.1, 0.15) is 37.8 Å². The van der Waals surface area contributed by atoms with Gasteiger partial charge in [0.05, 0.1) is 0 Å². The molecule has 0 bridgehead atoms. The van der Waals surface area contributed by atoms with E-state index in [1.807, 2.05) is 98.8 Å². The summed E-state index contributed by atoms with van der Waals surface area (Å²) in [5, 5.41) is 5.87. The minimum Gasteiger partial charge on any atom is -0.481 e. The molecule has 0 spiro atoms. The van der Waals surface area contributed by atoms with Gasteiger partial charge in [-0.3, -0.25) is 9.59 Å². The molecule has 0 aliphatic rings. The van der Waals surface area contributed by atoms with E-state index in [1.54, 1.807) is 0 Å². The number of nitrogens with one attached hydrogen (secondary N) is 2. The van der Waals surface area contributed by atoms with Crippen molar-refractivity contribution in [3.05, 3.63) is 96.1 Å². The molecule has 6 heteroatoms. The normalized spacial score (nSPS) is 12.3. The van der Waals surface area contributed by atoms with Crippen molar-refractivity contribution in [2.24, 2.45) is 0 Å². The quantitative estimate of drug-likeness (QED) is 0.413. The highest BCUT2D eigenvalue weighted by Gasteiger charge is 2.19. The van der Waals surface area contributed by atoms with Crippen molar-refractivity contribution >= 4 is 11.8 Å². The maximum atomic E-state index is 12.5. The van der Waals surface area contributed by atoms with Gasteiger partial charge in [-0.2, -0.15) is 0 Å². The zero-order chi connectivity index (χ0) is 24.2. The third kappa shape index (κ3) is 7.66. The van der Waals surface area contributed by atoms with Crippen molar-refractivity contribution in [3.63, 3.8) is 0 Å². The van der Waals surface area contributed by atoms with Crippen molar-refractivity contribution in [3.8, 4) is 11.5 Å². The van der Waals surface area contributed by atoms with Crippen LogP contribution in [0.15, 0.2) is 84.9 Å². The Morgan fingerprint density at radius 1 is 0.618 bits per heavy atom. The molecular formula is C28H32N2O4. The fourth-order valence-corrected chi connectivity index (χ4v) is 3.35. The lowest BCUT2D eigenvalue weighted by molar-refractivity contribution is -0.129. The Labute approximate surface area is 201 Å². The highest BCUT2D eigenvalue weighted by molar-refractivity contribution is 5.81. The van der Waals surface area contributed by atoms with Crippen molar-refractivity contribution in [2.45, 2.75) is 52.0 Å². The fraction of sp³-hybridized carbons (Fsp3) is 0.286. The van der Waals surface area contributed by atoms with Gasteiger partial charge in [0.25, 0.3) is 11.8 Å². The summed E-state index contributed by atoms with van der Waals surface area (Å²) in [6, 6.07) is 26.4. The van der Waals surface area contributed by atoms with Crippen LogP contribution in [0.5, 0.6) is 11.5 Å². The highest BCUT2D eigenvalue weighted by Crippen LogP contribution is 2.14. The first-order valence-electron chi connectivity index (χ1n) is 11.7. The van der Waals surface area contributed by atoms with Gasteiger partial charge in [-0.15, -0.1) is 0 Å². The fourth-order valence-electron chi connectivity index (χ4n) is 3.35. The second-order valence-electron chi connectivity index (χ2n) is 7.91. The smallest absolute Gasteiger partial charge is 0.261 e. The van der Waals surface area contributed by atoms with Gasteiger partial charge < -0.3 is 20.1 Å². The van der Waals surface area contributed by atoms with Crippen molar-refractivity contribution in [1.82, 2.24) is 10.6 Å². The lowest BCUT2D eigenvalue weighted by Gasteiger charge is -2.18. The van der Waals surface area contributed by atoms with E-state index < -0.39 is 12.2 Å². The highest BCUT2D eigenvalue weighted by atomic mass is 16.5. The second kappa shape index (κ2) is 13.0. The SMILES string of the molecule is CCC(Oc1ccccc1)C(=O)NCc1ccc(CNC(=O)C(CC)Oc2ccccc2)cc1. The van der Waals surface area contributed by atoms with Crippen LogP contribution in [0.25, 0.3) is 0 Å². The molecule has 0 saturated heterocycles. The lowest BCUT2D eigenvalue weighted by Crippen LogP contribution is -2.37. The van der Waals surface area contributed by atoms with Gasteiger partial charge in [0.15, 0.2) is 12.2 Å². The molecule has 0 radical (unpaired) electrons. The molecule has 0 heterocycles. The number of hydrogen-bond acceptors (Lipinski definition) is 4. The summed E-state index contributed by atoms with van der Waals surface area (Å²) >= 11 is 0. The topological polar surface area (TPSA) is 76.7 Å².